The fraction of sp³-hybridized carbons (Fsp3) is 0.500. The number of benzene rings is 1. The number of primary amides is 1. The molecule has 1 aromatic carbocycles. The van der Waals surface area contributed by atoms with Crippen LogP contribution in [-0.2, 0) is 20.9 Å². The van der Waals surface area contributed by atoms with E-state index in [2.05, 4.69) is 10.6 Å². The molecule has 0 aliphatic heterocycles. The number of nitrogens with two attached hydrogens (primary N) is 1. The van der Waals surface area contributed by atoms with E-state index in [0.717, 1.165) is 18.4 Å². The smallest absolute Gasteiger partial charge is 0.407 e. The van der Waals surface area contributed by atoms with E-state index >= 15 is 0 Å². The van der Waals surface area contributed by atoms with Gasteiger partial charge in [-0.05, 0) is 17.9 Å². The van der Waals surface area contributed by atoms with Gasteiger partial charge in [0.15, 0.2) is 0 Å². The zero-order chi connectivity index (χ0) is 18.9. The number of nitrogens with one attached hydrogen (secondary N) is 2. The molecule has 5 N–H and O–H groups in total. The molecule has 26 heavy (non-hydrogen) atoms. The van der Waals surface area contributed by atoms with Gasteiger partial charge in [0.05, 0.1) is 12.5 Å². The lowest BCUT2D eigenvalue weighted by molar-refractivity contribution is -0.128. The minimum absolute atomic E-state index is 0.116. The van der Waals surface area contributed by atoms with Crippen LogP contribution < -0.4 is 16.4 Å². The highest BCUT2D eigenvalue weighted by Gasteiger charge is 2.29. The van der Waals surface area contributed by atoms with Gasteiger partial charge in [0.1, 0.15) is 12.6 Å². The maximum Gasteiger partial charge on any atom is 0.407 e. The summed E-state index contributed by atoms with van der Waals surface area (Å²) in [5.41, 5.74) is 6.13. The first kappa shape index (κ1) is 19.7. The Balaban J connectivity index is 1.63. The molecule has 0 radical (unpaired) electrons. The fourth-order valence-corrected chi connectivity index (χ4v) is 2.45. The molecule has 2 rings (SSSR count). The van der Waals surface area contributed by atoms with E-state index in [4.69, 9.17) is 10.5 Å². The summed E-state index contributed by atoms with van der Waals surface area (Å²) in [4.78, 5) is 34.9. The van der Waals surface area contributed by atoms with Gasteiger partial charge in [0.2, 0.25) is 11.8 Å². The second kappa shape index (κ2) is 9.76. The van der Waals surface area contributed by atoms with Crippen molar-refractivity contribution in [3.05, 3.63) is 35.9 Å². The Morgan fingerprint density at radius 1 is 1.23 bits per heavy atom. The molecule has 142 valence electrons. The van der Waals surface area contributed by atoms with Crippen LogP contribution in [0, 0.1) is 5.92 Å². The van der Waals surface area contributed by atoms with Crippen molar-refractivity contribution in [2.24, 2.45) is 11.7 Å². The zero-order valence-corrected chi connectivity index (χ0v) is 14.5. The van der Waals surface area contributed by atoms with Crippen molar-refractivity contribution in [2.45, 2.75) is 44.4 Å². The first-order valence-electron chi connectivity index (χ1n) is 8.65. The normalized spacial score (nSPS) is 15.6. The molecule has 0 unspecified atom stereocenters. The molecule has 1 saturated carbocycles. The van der Waals surface area contributed by atoms with E-state index in [9.17, 15) is 19.5 Å². The molecule has 8 nitrogen and oxygen atoms in total. The highest BCUT2D eigenvalue weighted by Crippen LogP contribution is 2.33. The number of aliphatic hydroxyl groups is 1. The summed E-state index contributed by atoms with van der Waals surface area (Å²) in [7, 11) is 0. The third-order valence-corrected chi connectivity index (χ3v) is 4.06. The van der Waals surface area contributed by atoms with E-state index in [1.807, 2.05) is 30.3 Å². The Kier molecular flexibility index (Phi) is 7.40. The van der Waals surface area contributed by atoms with Crippen molar-refractivity contribution in [2.75, 3.05) is 6.54 Å². The van der Waals surface area contributed by atoms with Gasteiger partial charge >= 0.3 is 6.09 Å². The number of ether oxygens (including phenoxy) is 1. The Bertz CT molecular complexity index is 619. The zero-order valence-electron chi connectivity index (χ0n) is 14.5. The van der Waals surface area contributed by atoms with Crippen molar-refractivity contribution >= 4 is 17.9 Å². The molecule has 1 fully saturated rings. The first-order valence-corrected chi connectivity index (χ1v) is 8.65. The van der Waals surface area contributed by atoms with Gasteiger partial charge in [-0.1, -0.05) is 43.2 Å². The third kappa shape index (κ3) is 7.52. The number of hydrogen-bond donors (Lipinski definition) is 4. The summed E-state index contributed by atoms with van der Waals surface area (Å²) >= 11 is 0. The number of amides is 3. The van der Waals surface area contributed by atoms with Crippen LogP contribution in [0.15, 0.2) is 30.3 Å². The van der Waals surface area contributed by atoms with E-state index in [0.29, 0.717) is 12.3 Å². The molecule has 1 aliphatic carbocycles. The highest BCUT2D eigenvalue weighted by molar-refractivity contribution is 5.86. The Hall–Kier alpha value is -2.61. The maximum atomic E-state index is 11.9. The Labute approximate surface area is 152 Å². The third-order valence-electron chi connectivity index (χ3n) is 4.06. The molecular formula is C18H25N3O5. The van der Waals surface area contributed by atoms with Crippen LogP contribution >= 0.6 is 0 Å². The van der Waals surface area contributed by atoms with E-state index in [1.165, 1.54) is 0 Å². The number of carbonyl (C=O) groups is 3. The SMILES string of the molecule is NC(=O)[C@H](CC1CC1)NC(=O)C[C@H](O)CNC(=O)OCc1ccccc1. The quantitative estimate of drug-likeness (QED) is 0.479. The van der Waals surface area contributed by atoms with Crippen LogP contribution in [0.25, 0.3) is 0 Å². The van der Waals surface area contributed by atoms with E-state index in [-0.39, 0.29) is 19.6 Å². The summed E-state index contributed by atoms with van der Waals surface area (Å²) in [6, 6.07) is 8.46. The number of carbonyl (C=O) groups excluding carboxylic acids is 3. The van der Waals surface area contributed by atoms with E-state index < -0.39 is 30.1 Å². The average molecular weight is 363 g/mol. The molecule has 0 saturated heterocycles. The molecule has 1 aliphatic rings. The second-order valence-corrected chi connectivity index (χ2v) is 6.50. The van der Waals surface area contributed by atoms with Crippen LogP contribution in [0.1, 0.15) is 31.2 Å². The first-order chi connectivity index (χ1) is 12.4. The predicted octanol–water partition coefficient (Wildman–Crippen LogP) is 0.434. The predicted molar refractivity (Wildman–Crippen MR) is 93.7 cm³/mol. The van der Waals surface area contributed by atoms with Gasteiger partial charge in [-0.2, -0.15) is 0 Å². The summed E-state index contributed by atoms with van der Waals surface area (Å²) < 4.78 is 5.01. The number of alkyl carbamates (subject to hydrolysis) is 1. The molecule has 0 aromatic heterocycles. The van der Waals surface area contributed by atoms with Gasteiger partial charge in [0, 0.05) is 6.54 Å². The Morgan fingerprint density at radius 3 is 2.54 bits per heavy atom. The minimum atomic E-state index is -1.09. The molecule has 8 heteroatoms. The summed E-state index contributed by atoms with van der Waals surface area (Å²) in [6.07, 6.45) is 0.592. The number of rotatable bonds is 10. The molecule has 0 spiro atoms. The van der Waals surface area contributed by atoms with Gasteiger partial charge in [-0.25, -0.2) is 4.79 Å². The highest BCUT2D eigenvalue weighted by atomic mass is 16.5. The van der Waals surface area contributed by atoms with E-state index in [1.54, 1.807) is 0 Å². The minimum Gasteiger partial charge on any atom is -0.445 e. The van der Waals surface area contributed by atoms with Crippen LogP contribution in [0.4, 0.5) is 4.79 Å². The van der Waals surface area contributed by atoms with Crippen LogP contribution in [0.2, 0.25) is 0 Å². The fourth-order valence-electron chi connectivity index (χ4n) is 2.45. The van der Waals surface area contributed by atoms with Crippen molar-refractivity contribution in [3.8, 4) is 0 Å². The second-order valence-electron chi connectivity index (χ2n) is 6.50. The maximum absolute atomic E-state index is 11.9. The van der Waals surface area contributed by atoms with Gasteiger partial charge in [0.25, 0.3) is 0 Å². The van der Waals surface area contributed by atoms with Crippen molar-refractivity contribution in [1.82, 2.24) is 10.6 Å². The van der Waals surface area contributed by atoms with Crippen LogP contribution in [0.5, 0.6) is 0 Å². The monoisotopic (exact) mass is 363 g/mol. The molecule has 0 heterocycles. The molecule has 0 bridgehead atoms. The topological polar surface area (TPSA) is 131 Å². The van der Waals surface area contributed by atoms with Crippen molar-refractivity contribution in [3.63, 3.8) is 0 Å². The van der Waals surface area contributed by atoms with Crippen molar-refractivity contribution in [1.29, 1.82) is 0 Å². The average Bonchev–Trinajstić information content (AvgIpc) is 3.42. The lowest BCUT2D eigenvalue weighted by Gasteiger charge is -2.17. The number of aliphatic hydroxyl groups excluding tert-OH is 1. The largest absolute Gasteiger partial charge is 0.445 e. The van der Waals surface area contributed by atoms with Crippen LogP contribution in [0.3, 0.4) is 0 Å². The summed E-state index contributed by atoms with van der Waals surface area (Å²) in [5, 5.41) is 14.8. The number of hydrogen-bond acceptors (Lipinski definition) is 5. The van der Waals surface area contributed by atoms with Crippen molar-refractivity contribution < 1.29 is 24.2 Å². The van der Waals surface area contributed by atoms with Crippen LogP contribution in [-0.4, -0.2) is 41.7 Å². The molecule has 1 aromatic rings. The summed E-state index contributed by atoms with van der Waals surface area (Å²) in [5.74, 6) is -0.637. The lowest BCUT2D eigenvalue weighted by Crippen LogP contribution is -2.46. The molecule has 3 amide bonds. The summed E-state index contributed by atoms with van der Waals surface area (Å²) in [6.45, 7) is -0.0182. The Morgan fingerprint density at radius 2 is 1.92 bits per heavy atom. The van der Waals surface area contributed by atoms with Gasteiger partial charge < -0.3 is 26.2 Å². The standard InChI is InChI=1S/C18H25N3O5/c19-17(24)15(8-12-6-7-12)21-16(23)9-14(22)10-20-18(25)26-11-13-4-2-1-3-5-13/h1-5,12,14-15,22H,6-11H2,(H2,19,24)(H,20,25)(H,21,23)/t14-,15-/m0/s1. The lowest BCUT2D eigenvalue weighted by atomic mass is 10.1. The van der Waals surface area contributed by atoms with Gasteiger partial charge in [-0.15, -0.1) is 0 Å². The molecular weight excluding hydrogens is 338 g/mol. The van der Waals surface area contributed by atoms with Gasteiger partial charge in [-0.3, -0.25) is 9.59 Å². The molecule has 2 atom stereocenters.